The molecule has 2 nitrogen and oxygen atoms in total. The molecule has 1 aromatic rings. The molecule has 0 bridgehead atoms. The van der Waals surface area contributed by atoms with Gasteiger partial charge in [-0.05, 0) is 56.1 Å². The van der Waals surface area contributed by atoms with Gasteiger partial charge >= 0.3 is 0 Å². The standard InChI is InChI=1S/C17H28N2S/c1-2-19-11-5-9-15(19)13-18-17(14-7-3-4-8-14)16-10-6-12-20-16/h6,10,12,14-15,17-18H,2-5,7-9,11,13H2,1H3. The van der Waals surface area contributed by atoms with Crippen molar-refractivity contribution in [1.29, 1.82) is 0 Å². The van der Waals surface area contributed by atoms with Crippen molar-refractivity contribution in [2.45, 2.75) is 57.5 Å². The number of likely N-dealkylation sites (N-methyl/N-ethyl adjacent to an activating group) is 1. The first-order chi connectivity index (χ1) is 9.88. The van der Waals surface area contributed by atoms with E-state index in [9.17, 15) is 0 Å². The Labute approximate surface area is 127 Å². The zero-order valence-electron chi connectivity index (χ0n) is 12.7. The summed E-state index contributed by atoms with van der Waals surface area (Å²) in [7, 11) is 0. The van der Waals surface area contributed by atoms with Crippen molar-refractivity contribution in [2.75, 3.05) is 19.6 Å². The summed E-state index contributed by atoms with van der Waals surface area (Å²) in [5.74, 6) is 0.866. The summed E-state index contributed by atoms with van der Waals surface area (Å²) in [4.78, 5) is 4.20. The third-order valence-electron chi connectivity index (χ3n) is 5.20. The Bertz CT molecular complexity index is 384. The Hall–Kier alpha value is -0.380. The first-order valence-corrected chi connectivity index (χ1v) is 9.27. The fourth-order valence-corrected chi connectivity index (χ4v) is 4.96. The summed E-state index contributed by atoms with van der Waals surface area (Å²) >= 11 is 1.93. The number of nitrogens with zero attached hydrogens (tertiary/aromatic N) is 1. The van der Waals surface area contributed by atoms with Crippen LogP contribution in [0.25, 0.3) is 0 Å². The Balaban J connectivity index is 1.61. The molecule has 2 atom stereocenters. The summed E-state index contributed by atoms with van der Waals surface area (Å²) in [6.07, 6.45) is 8.45. The van der Waals surface area contributed by atoms with Gasteiger partial charge < -0.3 is 5.32 Å². The highest BCUT2D eigenvalue weighted by molar-refractivity contribution is 7.10. The fourth-order valence-electron chi connectivity index (χ4n) is 4.06. The van der Waals surface area contributed by atoms with Crippen LogP contribution in [0.1, 0.15) is 56.4 Å². The highest BCUT2D eigenvalue weighted by Crippen LogP contribution is 2.37. The van der Waals surface area contributed by atoms with Crippen LogP contribution in [0.15, 0.2) is 17.5 Å². The van der Waals surface area contributed by atoms with Crippen molar-refractivity contribution in [3.05, 3.63) is 22.4 Å². The van der Waals surface area contributed by atoms with E-state index in [0.29, 0.717) is 6.04 Å². The van der Waals surface area contributed by atoms with Crippen LogP contribution >= 0.6 is 11.3 Å². The van der Waals surface area contributed by atoms with Gasteiger partial charge in [0.25, 0.3) is 0 Å². The van der Waals surface area contributed by atoms with Crippen LogP contribution in [0.2, 0.25) is 0 Å². The van der Waals surface area contributed by atoms with E-state index >= 15 is 0 Å². The van der Waals surface area contributed by atoms with Crippen molar-refractivity contribution >= 4 is 11.3 Å². The molecule has 1 aromatic heterocycles. The lowest BCUT2D eigenvalue weighted by atomic mass is 9.96. The Morgan fingerprint density at radius 3 is 2.85 bits per heavy atom. The van der Waals surface area contributed by atoms with E-state index in [0.717, 1.165) is 12.0 Å². The van der Waals surface area contributed by atoms with Crippen molar-refractivity contribution in [2.24, 2.45) is 5.92 Å². The van der Waals surface area contributed by atoms with Crippen molar-refractivity contribution < 1.29 is 0 Å². The molecule has 2 unspecified atom stereocenters. The van der Waals surface area contributed by atoms with E-state index in [4.69, 9.17) is 0 Å². The maximum atomic E-state index is 3.94. The molecule has 1 aliphatic carbocycles. The molecule has 112 valence electrons. The van der Waals surface area contributed by atoms with E-state index in [2.05, 4.69) is 34.7 Å². The lowest BCUT2D eigenvalue weighted by Crippen LogP contribution is -2.40. The Morgan fingerprint density at radius 1 is 1.30 bits per heavy atom. The van der Waals surface area contributed by atoms with Crippen LogP contribution in [-0.4, -0.2) is 30.6 Å². The second-order valence-corrected chi connectivity index (χ2v) is 7.35. The lowest BCUT2D eigenvalue weighted by Gasteiger charge is -2.29. The smallest absolute Gasteiger partial charge is 0.0443 e. The number of hydrogen-bond acceptors (Lipinski definition) is 3. The normalized spacial score (nSPS) is 26.4. The third kappa shape index (κ3) is 3.26. The molecule has 2 aliphatic rings. The number of rotatable bonds is 6. The molecule has 2 heterocycles. The molecule has 0 spiro atoms. The average molecular weight is 292 g/mol. The minimum atomic E-state index is 0.608. The maximum absolute atomic E-state index is 3.94. The quantitative estimate of drug-likeness (QED) is 0.851. The Morgan fingerprint density at radius 2 is 2.15 bits per heavy atom. The molecule has 2 fully saturated rings. The molecule has 3 rings (SSSR count). The van der Waals surface area contributed by atoms with Crippen LogP contribution in [0.4, 0.5) is 0 Å². The topological polar surface area (TPSA) is 15.3 Å². The fraction of sp³-hybridized carbons (Fsp3) is 0.765. The van der Waals surface area contributed by atoms with Crippen LogP contribution in [0.3, 0.4) is 0 Å². The van der Waals surface area contributed by atoms with Gasteiger partial charge in [-0.2, -0.15) is 0 Å². The molecule has 20 heavy (non-hydrogen) atoms. The summed E-state index contributed by atoms with van der Waals surface area (Å²) in [6.45, 7) is 5.98. The molecule has 1 aliphatic heterocycles. The number of nitrogens with one attached hydrogen (secondary N) is 1. The van der Waals surface area contributed by atoms with E-state index in [1.807, 2.05) is 11.3 Å². The van der Waals surface area contributed by atoms with Gasteiger partial charge in [0, 0.05) is 23.5 Å². The van der Waals surface area contributed by atoms with Gasteiger partial charge in [0.2, 0.25) is 0 Å². The summed E-state index contributed by atoms with van der Waals surface area (Å²) in [5, 5.41) is 6.17. The molecule has 1 saturated carbocycles. The minimum absolute atomic E-state index is 0.608. The number of hydrogen-bond donors (Lipinski definition) is 1. The van der Waals surface area contributed by atoms with E-state index in [1.165, 1.54) is 58.2 Å². The molecule has 0 amide bonds. The van der Waals surface area contributed by atoms with Crippen LogP contribution in [0, 0.1) is 5.92 Å². The van der Waals surface area contributed by atoms with Crippen molar-refractivity contribution in [1.82, 2.24) is 10.2 Å². The van der Waals surface area contributed by atoms with Gasteiger partial charge in [-0.25, -0.2) is 0 Å². The number of likely N-dealkylation sites (tertiary alicyclic amines) is 1. The zero-order chi connectivity index (χ0) is 13.8. The molecule has 0 radical (unpaired) electrons. The van der Waals surface area contributed by atoms with E-state index in [1.54, 1.807) is 4.88 Å². The van der Waals surface area contributed by atoms with Crippen LogP contribution < -0.4 is 5.32 Å². The molecule has 1 saturated heterocycles. The maximum Gasteiger partial charge on any atom is 0.0443 e. The van der Waals surface area contributed by atoms with Gasteiger partial charge in [-0.15, -0.1) is 11.3 Å². The highest BCUT2D eigenvalue weighted by Gasteiger charge is 2.29. The zero-order valence-corrected chi connectivity index (χ0v) is 13.5. The van der Waals surface area contributed by atoms with Crippen LogP contribution in [-0.2, 0) is 0 Å². The number of thiophene rings is 1. The van der Waals surface area contributed by atoms with Crippen molar-refractivity contribution in [3.63, 3.8) is 0 Å². The summed E-state index contributed by atoms with van der Waals surface area (Å²) in [5.41, 5.74) is 0. The monoisotopic (exact) mass is 292 g/mol. The highest BCUT2D eigenvalue weighted by atomic mass is 32.1. The Kier molecular flexibility index (Phi) is 5.14. The van der Waals surface area contributed by atoms with Gasteiger partial charge in [0.1, 0.15) is 0 Å². The minimum Gasteiger partial charge on any atom is -0.307 e. The molecule has 3 heteroatoms. The first-order valence-electron chi connectivity index (χ1n) is 8.39. The third-order valence-corrected chi connectivity index (χ3v) is 6.15. The molecule has 1 N–H and O–H groups in total. The van der Waals surface area contributed by atoms with Crippen molar-refractivity contribution in [3.8, 4) is 0 Å². The second-order valence-electron chi connectivity index (χ2n) is 6.37. The second kappa shape index (κ2) is 7.06. The van der Waals surface area contributed by atoms with E-state index < -0.39 is 0 Å². The predicted molar refractivity (Wildman–Crippen MR) is 87.3 cm³/mol. The SMILES string of the molecule is CCN1CCCC1CNC(c1cccs1)C1CCCC1. The average Bonchev–Trinajstić information content (AvgIpc) is 3.22. The van der Waals surface area contributed by atoms with E-state index in [-0.39, 0.29) is 0 Å². The summed E-state index contributed by atoms with van der Waals surface area (Å²) in [6, 6.07) is 5.91. The molecule has 0 aromatic carbocycles. The first kappa shape index (κ1) is 14.6. The van der Waals surface area contributed by atoms with Gasteiger partial charge in [-0.3, -0.25) is 4.90 Å². The van der Waals surface area contributed by atoms with Crippen LogP contribution in [0.5, 0.6) is 0 Å². The molecular formula is C17H28N2S. The predicted octanol–water partition coefficient (Wildman–Crippen LogP) is 4.05. The van der Waals surface area contributed by atoms with Gasteiger partial charge in [-0.1, -0.05) is 25.8 Å². The van der Waals surface area contributed by atoms with Gasteiger partial charge in [0.15, 0.2) is 0 Å². The lowest BCUT2D eigenvalue weighted by molar-refractivity contribution is 0.243. The summed E-state index contributed by atoms with van der Waals surface area (Å²) < 4.78 is 0. The largest absolute Gasteiger partial charge is 0.307 e. The van der Waals surface area contributed by atoms with Gasteiger partial charge in [0.05, 0.1) is 0 Å². The molecular weight excluding hydrogens is 264 g/mol.